The summed E-state index contributed by atoms with van der Waals surface area (Å²) < 4.78 is 1.66. The van der Waals surface area contributed by atoms with Crippen LogP contribution in [-0.2, 0) is 7.05 Å². The van der Waals surface area contributed by atoms with Crippen molar-refractivity contribution in [2.45, 2.75) is 0 Å². The van der Waals surface area contributed by atoms with Crippen LogP contribution in [0.15, 0.2) is 24.5 Å². The fraction of sp³-hybridized carbons (Fsp3) is 0.111. The van der Waals surface area contributed by atoms with Gasteiger partial charge in [0.15, 0.2) is 5.82 Å². The Balaban J connectivity index is 2.21. The Kier molecular flexibility index (Phi) is 2.29. The van der Waals surface area contributed by atoms with E-state index in [4.69, 9.17) is 5.26 Å². The molecule has 0 aliphatic rings. The van der Waals surface area contributed by atoms with E-state index in [1.807, 2.05) is 13.1 Å². The molecule has 0 aliphatic heterocycles. The third kappa shape index (κ3) is 2.08. The van der Waals surface area contributed by atoms with Crippen LogP contribution in [-0.4, -0.2) is 19.7 Å². The van der Waals surface area contributed by atoms with Crippen molar-refractivity contribution in [2.24, 2.45) is 7.05 Å². The average molecular weight is 200 g/mol. The number of nitrogens with zero attached hydrogens (tertiary/aromatic N) is 5. The molecule has 0 spiro atoms. The number of nitriles is 1. The van der Waals surface area contributed by atoms with E-state index < -0.39 is 0 Å². The molecule has 2 rings (SSSR count). The predicted molar refractivity (Wildman–Crippen MR) is 53.2 cm³/mol. The van der Waals surface area contributed by atoms with Crippen molar-refractivity contribution in [1.82, 2.24) is 19.7 Å². The van der Waals surface area contributed by atoms with E-state index in [-0.39, 0.29) is 0 Å². The molecule has 0 aliphatic carbocycles. The first kappa shape index (κ1) is 9.15. The standard InChI is InChI=1S/C9H8N6/c1-15-5-3-8(14-15)13-9-11-4-2-7(6-10)12-9/h2-5H,1H3,(H,11,12,13,14). The van der Waals surface area contributed by atoms with Crippen LogP contribution in [0.1, 0.15) is 5.69 Å². The molecular weight excluding hydrogens is 192 g/mol. The van der Waals surface area contributed by atoms with E-state index in [0.717, 1.165) is 0 Å². The molecule has 0 unspecified atom stereocenters. The van der Waals surface area contributed by atoms with E-state index in [9.17, 15) is 0 Å². The van der Waals surface area contributed by atoms with Crippen molar-refractivity contribution in [3.8, 4) is 6.07 Å². The molecular formula is C9H8N6. The van der Waals surface area contributed by atoms with Crippen LogP contribution in [0.2, 0.25) is 0 Å². The highest BCUT2D eigenvalue weighted by Crippen LogP contribution is 2.08. The summed E-state index contributed by atoms with van der Waals surface area (Å²) in [5, 5.41) is 15.6. The number of hydrogen-bond acceptors (Lipinski definition) is 5. The highest BCUT2D eigenvalue weighted by molar-refractivity contribution is 5.47. The SMILES string of the molecule is Cn1ccc(Nc2nccc(C#N)n2)n1. The lowest BCUT2D eigenvalue weighted by Crippen LogP contribution is -1.99. The van der Waals surface area contributed by atoms with Gasteiger partial charge in [0.25, 0.3) is 0 Å². The summed E-state index contributed by atoms with van der Waals surface area (Å²) in [5.41, 5.74) is 0.323. The summed E-state index contributed by atoms with van der Waals surface area (Å²) >= 11 is 0. The second-order valence-electron chi connectivity index (χ2n) is 2.88. The predicted octanol–water partition coefficient (Wildman–Crippen LogP) is 0.825. The number of nitrogens with one attached hydrogen (secondary N) is 1. The van der Waals surface area contributed by atoms with Crippen molar-refractivity contribution < 1.29 is 0 Å². The number of aromatic nitrogens is 4. The molecule has 0 bridgehead atoms. The fourth-order valence-corrected chi connectivity index (χ4v) is 1.08. The van der Waals surface area contributed by atoms with Gasteiger partial charge in [0.1, 0.15) is 11.8 Å². The van der Waals surface area contributed by atoms with Crippen LogP contribution in [0.3, 0.4) is 0 Å². The summed E-state index contributed by atoms with van der Waals surface area (Å²) in [6, 6.07) is 5.28. The van der Waals surface area contributed by atoms with Gasteiger partial charge in [0.05, 0.1) is 0 Å². The van der Waals surface area contributed by atoms with Crippen molar-refractivity contribution in [3.05, 3.63) is 30.2 Å². The molecule has 0 saturated carbocycles. The number of anilines is 2. The second kappa shape index (κ2) is 3.75. The van der Waals surface area contributed by atoms with Crippen LogP contribution in [0.4, 0.5) is 11.8 Å². The zero-order valence-corrected chi connectivity index (χ0v) is 8.05. The van der Waals surface area contributed by atoms with Crippen molar-refractivity contribution in [1.29, 1.82) is 5.26 Å². The topological polar surface area (TPSA) is 79.4 Å². The lowest BCUT2D eigenvalue weighted by Gasteiger charge is -1.99. The van der Waals surface area contributed by atoms with Gasteiger partial charge >= 0.3 is 0 Å². The first-order chi connectivity index (χ1) is 7.28. The summed E-state index contributed by atoms with van der Waals surface area (Å²) in [7, 11) is 1.82. The van der Waals surface area contributed by atoms with E-state index in [2.05, 4.69) is 20.4 Å². The maximum atomic E-state index is 8.64. The van der Waals surface area contributed by atoms with Gasteiger partial charge in [-0.2, -0.15) is 10.4 Å². The van der Waals surface area contributed by atoms with Gasteiger partial charge in [0, 0.05) is 25.5 Å². The van der Waals surface area contributed by atoms with Crippen LogP contribution < -0.4 is 5.32 Å². The molecule has 2 aromatic heterocycles. The molecule has 0 aromatic carbocycles. The minimum Gasteiger partial charge on any atom is -0.307 e. The molecule has 74 valence electrons. The first-order valence-electron chi connectivity index (χ1n) is 4.28. The van der Waals surface area contributed by atoms with E-state index in [1.54, 1.807) is 23.0 Å². The maximum absolute atomic E-state index is 8.64. The summed E-state index contributed by atoms with van der Waals surface area (Å²) in [5.74, 6) is 1.01. The third-order valence-electron chi connectivity index (χ3n) is 1.72. The zero-order valence-electron chi connectivity index (χ0n) is 8.05. The molecule has 0 radical (unpaired) electrons. The maximum Gasteiger partial charge on any atom is 0.229 e. The number of hydrogen-bond donors (Lipinski definition) is 1. The van der Waals surface area contributed by atoms with Gasteiger partial charge in [-0.3, -0.25) is 4.68 Å². The van der Waals surface area contributed by atoms with Gasteiger partial charge in [-0.05, 0) is 6.07 Å². The smallest absolute Gasteiger partial charge is 0.229 e. The summed E-state index contributed by atoms with van der Waals surface area (Å²) in [6.07, 6.45) is 3.33. The Morgan fingerprint density at radius 2 is 2.33 bits per heavy atom. The summed E-state index contributed by atoms with van der Waals surface area (Å²) in [6.45, 7) is 0. The molecule has 0 fully saturated rings. The lowest BCUT2D eigenvalue weighted by molar-refractivity contribution is 0.770. The average Bonchev–Trinajstić information content (AvgIpc) is 2.64. The molecule has 2 heterocycles. The highest BCUT2D eigenvalue weighted by atomic mass is 15.3. The van der Waals surface area contributed by atoms with Gasteiger partial charge in [-0.15, -0.1) is 0 Å². The van der Waals surface area contributed by atoms with Crippen LogP contribution in [0, 0.1) is 11.3 Å². The normalized spacial score (nSPS) is 9.60. The largest absolute Gasteiger partial charge is 0.307 e. The minimum atomic E-state index is 0.323. The third-order valence-corrected chi connectivity index (χ3v) is 1.72. The Bertz CT molecular complexity index is 509. The van der Waals surface area contributed by atoms with Gasteiger partial charge in [-0.1, -0.05) is 0 Å². The first-order valence-corrected chi connectivity index (χ1v) is 4.28. The van der Waals surface area contributed by atoms with Crippen molar-refractivity contribution in [3.63, 3.8) is 0 Å². The molecule has 0 atom stereocenters. The molecule has 6 heteroatoms. The summed E-state index contributed by atoms with van der Waals surface area (Å²) in [4.78, 5) is 7.93. The number of aryl methyl sites for hydroxylation is 1. The molecule has 0 amide bonds. The second-order valence-corrected chi connectivity index (χ2v) is 2.88. The molecule has 0 saturated heterocycles. The van der Waals surface area contributed by atoms with Crippen LogP contribution in [0.5, 0.6) is 0 Å². The van der Waals surface area contributed by atoms with Gasteiger partial charge in [-0.25, -0.2) is 9.97 Å². The molecule has 2 aromatic rings. The van der Waals surface area contributed by atoms with Gasteiger partial charge < -0.3 is 5.32 Å². The quantitative estimate of drug-likeness (QED) is 0.776. The monoisotopic (exact) mass is 200 g/mol. The van der Waals surface area contributed by atoms with E-state index >= 15 is 0 Å². The molecule has 6 nitrogen and oxygen atoms in total. The highest BCUT2D eigenvalue weighted by Gasteiger charge is 2.00. The Hall–Kier alpha value is -2.42. The zero-order chi connectivity index (χ0) is 10.7. The Labute approximate surface area is 86.2 Å². The van der Waals surface area contributed by atoms with Crippen LogP contribution in [0.25, 0.3) is 0 Å². The Morgan fingerprint density at radius 1 is 1.47 bits per heavy atom. The van der Waals surface area contributed by atoms with Gasteiger partial charge in [0.2, 0.25) is 5.95 Å². The van der Waals surface area contributed by atoms with Crippen molar-refractivity contribution in [2.75, 3.05) is 5.32 Å². The van der Waals surface area contributed by atoms with E-state index in [0.29, 0.717) is 17.5 Å². The lowest BCUT2D eigenvalue weighted by atomic mass is 10.4. The molecule has 1 N–H and O–H groups in total. The van der Waals surface area contributed by atoms with Crippen molar-refractivity contribution >= 4 is 11.8 Å². The fourth-order valence-electron chi connectivity index (χ4n) is 1.08. The number of rotatable bonds is 2. The Morgan fingerprint density at radius 3 is 3.00 bits per heavy atom. The van der Waals surface area contributed by atoms with E-state index in [1.165, 1.54) is 6.20 Å². The molecule has 15 heavy (non-hydrogen) atoms. The minimum absolute atomic E-state index is 0.323. The van der Waals surface area contributed by atoms with Crippen LogP contribution >= 0.6 is 0 Å².